The van der Waals surface area contributed by atoms with E-state index in [4.69, 9.17) is 0 Å². The number of aromatic nitrogens is 3. The van der Waals surface area contributed by atoms with Crippen LogP contribution in [0.15, 0.2) is 43.0 Å². The topological polar surface area (TPSA) is 70.7 Å². The Morgan fingerprint density at radius 2 is 2.10 bits per heavy atom. The summed E-state index contributed by atoms with van der Waals surface area (Å²) in [5.74, 6) is 0.0210. The van der Waals surface area contributed by atoms with Gasteiger partial charge < -0.3 is 10.3 Å². The maximum absolute atomic E-state index is 11.8. The van der Waals surface area contributed by atoms with Gasteiger partial charge in [-0.2, -0.15) is 0 Å². The fourth-order valence-corrected chi connectivity index (χ4v) is 2.25. The third kappa shape index (κ3) is 2.76. The normalized spacial score (nSPS) is 10.7. The molecule has 0 fully saturated rings. The van der Waals surface area contributed by atoms with E-state index < -0.39 is 0 Å². The zero-order valence-corrected chi connectivity index (χ0v) is 11.8. The number of amides is 1. The van der Waals surface area contributed by atoms with Crippen LogP contribution in [-0.4, -0.2) is 20.9 Å². The summed E-state index contributed by atoms with van der Waals surface area (Å²) in [5.41, 5.74) is 3.58. The summed E-state index contributed by atoms with van der Waals surface area (Å²) >= 11 is 0. The van der Waals surface area contributed by atoms with Gasteiger partial charge >= 0.3 is 0 Å². The number of aromatic amines is 1. The van der Waals surface area contributed by atoms with Crippen LogP contribution >= 0.6 is 0 Å². The van der Waals surface area contributed by atoms with Gasteiger partial charge in [0, 0.05) is 42.2 Å². The minimum absolute atomic E-state index is 0.0210. The second-order valence-electron chi connectivity index (χ2n) is 4.86. The molecule has 3 heterocycles. The predicted octanol–water partition coefficient (Wildman–Crippen LogP) is 3.36. The molecule has 0 bridgehead atoms. The van der Waals surface area contributed by atoms with Crippen LogP contribution in [0.2, 0.25) is 0 Å². The van der Waals surface area contributed by atoms with Gasteiger partial charge in [0.2, 0.25) is 5.91 Å². The lowest BCUT2D eigenvalue weighted by Crippen LogP contribution is -2.10. The number of anilines is 1. The van der Waals surface area contributed by atoms with Crippen molar-refractivity contribution >= 4 is 22.6 Å². The zero-order chi connectivity index (χ0) is 14.7. The lowest BCUT2D eigenvalue weighted by atomic mass is 10.1. The van der Waals surface area contributed by atoms with Crippen LogP contribution in [0.25, 0.3) is 22.2 Å². The first-order valence-corrected chi connectivity index (χ1v) is 6.95. The van der Waals surface area contributed by atoms with E-state index >= 15 is 0 Å². The number of carbonyl (C=O) groups excluding carboxylic acids is 1. The first-order chi connectivity index (χ1) is 10.3. The largest absolute Gasteiger partial charge is 0.344 e. The molecule has 0 aliphatic carbocycles. The Morgan fingerprint density at radius 1 is 1.29 bits per heavy atom. The molecule has 0 saturated heterocycles. The van der Waals surface area contributed by atoms with Crippen molar-refractivity contribution in [3.63, 3.8) is 0 Å². The minimum Gasteiger partial charge on any atom is -0.344 e. The molecule has 106 valence electrons. The summed E-state index contributed by atoms with van der Waals surface area (Å²) in [6, 6.07) is 5.89. The van der Waals surface area contributed by atoms with E-state index in [0.717, 1.165) is 34.3 Å². The van der Waals surface area contributed by atoms with Crippen LogP contribution in [0.3, 0.4) is 0 Å². The van der Waals surface area contributed by atoms with Gasteiger partial charge in [0.25, 0.3) is 0 Å². The Kier molecular flexibility index (Phi) is 3.64. The number of nitrogens with zero attached hydrogens (tertiary/aromatic N) is 2. The van der Waals surface area contributed by atoms with Gasteiger partial charge in [-0.25, -0.2) is 4.98 Å². The van der Waals surface area contributed by atoms with Crippen molar-refractivity contribution in [2.24, 2.45) is 0 Å². The first-order valence-electron chi connectivity index (χ1n) is 6.95. The van der Waals surface area contributed by atoms with E-state index in [1.54, 1.807) is 18.6 Å². The molecule has 3 rings (SSSR count). The lowest BCUT2D eigenvalue weighted by molar-refractivity contribution is -0.116. The lowest BCUT2D eigenvalue weighted by Gasteiger charge is -2.04. The van der Waals surface area contributed by atoms with Gasteiger partial charge in [0.1, 0.15) is 5.65 Å². The van der Waals surface area contributed by atoms with Crippen molar-refractivity contribution < 1.29 is 4.79 Å². The molecule has 5 heteroatoms. The maximum atomic E-state index is 11.8. The second kappa shape index (κ2) is 5.75. The number of pyridine rings is 2. The van der Waals surface area contributed by atoms with E-state index in [1.807, 2.05) is 31.3 Å². The molecule has 0 radical (unpaired) electrons. The molecule has 0 unspecified atom stereocenters. The summed E-state index contributed by atoms with van der Waals surface area (Å²) in [4.78, 5) is 23.3. The van der Waals surface area contributed by atoms with Crippen molar-refractivity contribution in [3.8, 4) is 11.1 Å². The van der Waals surface area contributed by atoms with Gasteiger partial charge in [-0.3, -0.25) is 9.78 Å². The Balaban J connectivity index is 1.98. The fraction of sp³-hybridized carbons (Fsp3) is 0.188. The molecule has 2 N–H and O–H groups in total. The minimum atomic E-state index is 0.0210. The molecule has 0 spiro atoms. The summed E-state index contributed by atoms with van der Waals surface area (Å²) in [5, 5.41) is 3.83. The van der Waals surface area contributed by atoms with Crippen LogP contribution in [0.4, 0.5) is 5.69 Å². The number of fused-ring (bicyclic) bond motifs is 1. The smallest absolute Gasteiger partial charge is 0.224 e. The van der Waals surface area contributed by atoms with E-state index in [0.29, 0.717) is 6.42 Å². The molecule has 1 amide bonds. The van der Waals surface area contributed by atoms with Crippen molar-refractivity contribution in [2.75, 3.05) is 5.32 Å². The molecule has 0 aliphatic heterocycles. The molecule has 0 atom stereocenters. The predicted molar refractivity (Wildman–Crippen MR) is 82.9 cm³/mol. The number of hydrogen-bond acceptors (Lipinski definition) is 3. The molecule has 5 nitrogen and oxygen atoms in total. The molecule has 0 saturated carbocycles. The average Bonchev–Trinajstić information content (AvgIpc) is 2.91. The Morgan fingerprint density at radius 3 is 2.86 bits per heavy atom. The summed E-state index contributed by atoms with van der Waals surface area (Å²) in [6.07, 6.45) is 8.44. The van der Waals surface area contributed by atoms with E-state index in [9.17, 15) is 4.79 Å². The Labute approximate surface area is 122 Å². The fourth-order valence-electron chi connectivity index (χ4n) is 2.25. The summed E-state index contributed by atoms with van der Waals surface area (Å²) < 4.78 is 0. The monoisotopic (exact) mass is 280 g/mol. The van der Waals surface area contributed by atoms with Crippen LogP contribution in [0.1, 0.15) is 19.8 Å². The summed E-state index contributed by atoms with van der Waals surface area (Å²) in [7, 11) is 0. The highest BCUT2D eigenvalue weighted by Gasteiger charge is 2.09. The molecule has 3 aromatic heterocycles. The van der Waals surface area contributed by atoms with Crippen LogP contribution in [-0.2, 0) is 4.79 Å². The number of H-pyrrole nitrogens is 1. The molecular formula is C16H16N4O. The average molecular weight is 280 g/mol. The quantitative estimate of drug-likeness (QED) is 0.769. The maximum Gasteiger partial charge on any atom is 0.224 e. The zero-order valence-electron chi connectivity index (χ0n) is 11.8. The SMILES string of the molecule is CCCC(=O)Nc1c[nH]c2ncc(-c3ccncc3)cc12. The van der Waals surface area contributed by atoms with Crippen molar-refractivity contribution in [1.29, 1.82) is 0 Å². The number of hydrogen-bond donors (Lipinski definition) is 2. The molecule has 3 aromatic rings. The number of nitrogens with one attached hydrogen (secondary N) is 2. The van der Waals surface area contributed by atoms with E-state index in [2.05, 4.69) is 20.3 Å². The standard InChI is InChI=1S/C16H16N4O/c1-2-3-15(21)20-14-10-19-16-13(14)8-12(9-18-16)11-4-6-17-7-5-11/h4-10H,2-3H2,1H3,(H,18,19)(H,20,21). The van der Waals surface area contributed by atoms with Gasteiger partial charge in [0.15, 0.2) is 0 Å². The Hall–Kier alpha value is -2.69. The van der Waals surface area contributed by atoms with E-state index in [1.165, 1.54) is 0 Å². The van der Waals surface area contributed by atoms with Crippen LogP contribution in [0.5, 0.6) is 0 Å². The van der Waals surface area contributed by atoms with Gasteiger partial charge in [-0.15, -0.1) is 0 Å². The van der Waals surface area contributed by atoms with Crippen molar-refractivity contribution in [1.82, 2.24) is 15.0 Å². The van der Waals surface area contributed by atoms with Crippen LogP contribution < -0.4 is 5.32 Å². The number of rotatable bonds is 4. The highest BCUT2D eigenvalue weighted by molar-refractivity contribution is 6.01. The third-order valence-corrected chi connectivity index (χ3v) is 3.30. The molecule has 0 aromatic carbocycles. The summed E-state index contributed by atoms with van der Waals surface area (Å²) in [6.45, 7) is 1.98. The molecule has 0 aliphatic rings. The molecule has 21 heavy (non-hydrogen) atoms. The van der Waals surface area contributed by atoms with Gasteiger partial charge in [-0.05, 0) is 30.2 Å². The van der Waals surface area contributed by atoms with Crippen LogP contribution in [0, 0.1) is 0 Å². The number of carbonyl (C=O) groups is 1. The van der Waals surface area contributed by atoms with Gasteiger partial charge in [0.05, 0.1) is 5.69 Å². The van der Waals surface area contributed by atoms with Crippen molar-refractivity contribution in [3.05, 3.63) is 43.0 Å². The third-order valence-electron chi connectivity index (χ3n) is 3.30. The Bertz CT molecular complexity index is 764. The second-order valence-corrected chi connectivity index (χ2v) is 4.86. The van der Waals surface area contributed by atoms with E-state index in [-0.39, 0.29) is 5.91 Å². The van der Waals surface area contributed by atoms with Gasteiger partial charge in [-0.1, -0.05) is 6.92 Å². The molecular weight excluding hydrogens is 264 g/mol. The highest BCUT2D eigenvalue weighted by atomic mass is 16.1. The highest BCUT2D eigenvalue weighted by Crippen LogP contribution is 2.27. The first kappa shape index (κ1) is 13.3. The van der Waals surface area contributed by atoms with Crippen molar-refractivity contribution in [2.45, 2.75) is 19.8 Å².